The van der Waals surface area contributed by atoms with Crippen LogP contribution in [0, 0.1) is 5.92 Å². The number of aliphatic carboxylic acids is 1. The minimum atomic E-state index is -1.57. The molecule has 0 spiro atoms. The summed E-state index contributed by atoms with van der Waals surface area (Å²) in [6, 6.07) is 14.7. The van der Waals surface area contributed by atoms with Crippen LogP contribution in [-0.2, 0) is 10.4 Å². The van der Waals surface area contributed by atoms with Crippen molar-refractivity contribution in [2.45, 2.75) is 57.5 Å². The Hall–Kier alpha value is -0.660. The maximum absolute atomic E-state index is 11.8. The molecule has 0 aliphatic heterocycles. The van der Waals surface area contributed by atoms with Gasteiger partial charge in [0, 0.05) is 11.9 Å². The molecular weight excluding hydrogens is 414 g/mol. The number of aliphatic hydroxyl groups is 1. The van der Waals surface area contributed by atoms with E-state index >= 15 is 0 Å². The third-order valence-electron chi connectivity index (χ3n) is 5.43. The second-order valence-corrected chi connectivity index (χ2v) is 7.47. The fourth-order valence-corrected chi connectivity index (χ4v) is 3.84. The topological polar surface area (TPSA) is 100 Å². The molecule has 156 valence electrons. The molecule has 2 aromatic rings. The predicted molar refractivity (Wildman–Crippen MR) is 107 cm³/mol. The zero-order valence-electron chi connectivity index (χ0n) is 18.8. The number of hydrogen-bond donors (Lipinski definition) is 1. The Labute approximate surface area is 228 Å². The summed E-state index contributed by atoms with van der Waals surface area (Å²) < 4.78 is 0. The first-order valence-corrected chi connectivity index (χ1v) is 10.2. The summed E-state index contributed by atoms with van der Waals surface area (Å²) in [5.74, 6) is -3.13. The molecule has 1 N–H and O–H groups in total. The molecule has 2 unspecified atom stereocenters. The van der Waals surface area contributed by atoms with Gasteiger partial charge in [-0.3, -0.25) is 0 Å². The van der Waals surface area contributed by atoms with Gasteiger partial charge >= 0.3 is 59.1 Å². The van der Waals surface area contributed by atoms with E-state index in [2.05, 4.69) is 6.92 Å². The van der Waals surface area contributed by atoms with Crippen LogP contribution >= 0.6 is 0 Å². The molecule has 0 saturated carbocycles. The number of hydrogen-bond acceptors (Lipinski definition) is 5. The molecule has 0 radical (unpaired) electrons. The Bertz CT molecular complexity index is 795. The fourth-order valence-electron chi connectivity index (χ4n) is 3.84. The van der Waals surface area contributed by atoms with Crippen molar-refractivity contribution in [2.75, 3.05) is 0 Å². The van der Waals surface area contributed by atoms with Crippen molar-refractivity contribution in [1.29, 1.82) is 0 Å². The summed E-state index contributed by atoms with van der Waals surface area (Å²) in [5.41, 5.74) is -0.550. The second kappa shape index (κ2) is 15.2. The Balaban J connectivity index is 0.00000450. The van der Waals surface area contributed by atoms with Gasteiger partial charge in [0.15, 0.2) is 0 Å². The average Bonchev–Trinajstić information content (AvgIpc) is 2.72. The Morgan fingerprint density at radius 2 is 1.42 bits per heavy atom. The SMILES string of the molecule is CCCCCCCC(CC(=O)[O-])C(O)(c1ccccc1)c1ccc(C(=O)[O-])cc1.[Na+].[Na+]. The minimum absolute atomic E-state index is 0. The van der Waals surface area contributed by atoms with Crippen LogP contribution in [-0.4, -0.2) is 17.0 Å². The van der Waals surface area contributed by atoms with Crippen molar-refractivity contribution in [3.63, 3.8) is 0 Å². The third kappa shape index (κ3) is 8.65. The minimum Gasteiger partial charge on any atom is -0.550 e. The van der Waals surface area contributed by atoms with Crippen LogP contribution in [0.4, 0.5) is 0 Å². The Morgan fingerprint density at radius 1 is 0.871 bits per heavy atom. The molecular formula is C24H28Na2O5. The van der Waals surface area contributed by atoms with Gasteiger partial charge in [0.05, 0.1) is 5.97 Å². The van der Waals surface area contributed by atoms with Crippen molar-refractivity contribution in [1.82, 2.24) is 0 Å². The number of carbonyl (C=O) groups excluding carboxylic acids is 2. The van der Waals surface area contributed by atoms with Crippen molar-refractivity contribution in [3.05, 3.63) is 71.3 Å². The van der Waals surface area contributed by atoms with Crippen LogP contribution in [0.15, 0.2) is 54.6 Å². The van der Waals surface area contributed by atoms with Gasteiger partial charge in [-0.15, -0.1) is 0 Å². The second-order valence-electron chi connectivity index (χ2n) is 7.47. The van der Waals surface area contributed by atoms with Crippen molar-refractivity contribution < 1.29 is 84.0 Å². The summed E-state index contributed by atoms with van der Waals surface area (Å²) in [6.07, 6.45) is 5.29. The van der Waals surface area contributed by atoms with E-state index in [1.54, 1.807) is 24.3 Å². The Morgan fingerprint density at radius 3 is 1.94 bits per heavy atom. The summed E-state index contributed by atoms with van der Waals surface area (Å²) in [6.45, 7) is 2.13. The van der Waals surface area contributed by atoms with Crippen LogP contribution < -0.4 is 69.3 Å². The number of rotatable bonds is 12. The van der Waals surface area contributed by atoms with E-state index in [-0.39, 0.29) is 71.1 Å². The fraction of sp³-hybridized carbons (Fsp3) is 0.417. The monoisotopic (exact) mass is 442 g/mol. The number of carboxylic acids is 2. The van der Waals surface area contributed by atoms with Gasteiger partial charge in [0.25, 0.3) is 0 Å². The third-order valence-corrected chi connectivity index (χ3v) is 5.43. The normalized spacial score (nSPS) is 13.2. The molecule has 0 heterocycles. The van der Waals surface area contributed by atoms with Gasteiger partial charge in [-0.05, 0) is 29.5 Å². The van der Waals surface area contributed by atoms with Gasteiger partial charge in [-0.25, -0.2) is 0 Å². The van der Waals surface area contributed by atoms with E-state index in [1.165, 1.54) is 24.3 Å². The van der Waals surface area contributed by atoms with Gasteiger partial charge in [-0.1, -0.05) is 93.6 Å². The molecule has 0 amide bonds. The number of carboxylic acid groups (broad SMARTS) is 2. The quantitative estimate of drug-likeness (QED) is 0.271. The van der Waals surface area contributed by atoms with Crippen molar-refractivity contribution >= 4 is 11.9 Å². The standard InChI is InChI=1S/C24H30O5.2Na/c1-2-3-4-5-7-12-21(17-22(25)26)24(29,19-10-8-6-9-11-19)20-15-13-18(14-16-20)23(27)28;;/h6,8-11,13-16,21,29H,2-5,7,12,17H2,1H3,(H,25,26)(H,27,28);;/q;2*+1/p-2. The van der Waals surface area contributed by atoms with E-state index in [1.807, 2.05) is 6.07 Å². The molecule has 7 heteroatoms. The number of aromatic carboxylic acids is 1. The first-order valence-electron chi connectivity index (χ1n) is 10.2. The van der Waals surface area contributed by atoms with E-state index < -0.39 is 23.5 Å². The number of carbonyl (C=O) groups is 2. The number of unbranched alkanes of at least 4 members (excludes halogenated alkanes) is 4. The van der Waals surface area contributed by atoms with Gasteiger partial charge in [0.2, 0.25) is 0 Å². The molecule has 0 fully saturated rings. The molecule has 5 nitrogen and oxygen atoms in total. The smallest absolute Gasteiger partial charge is 0.550 e. The maximum atomic E-state index is 11.8. The molecule has 2 aromatic carbocycles. The van der Waals surface area contributed by atoms with Gasteiger partial charge in [-0.2, -0.15) is 0 Å². The van der Waals surface area contributed by atoms with Crippen LogP contribution in [0.2, 0.25) is 0 Å². The van der Waals surface area contributed by atoms with Crippen LogP contribution in [0.25, 0.3) is 0 Å². The molecule has 0 saturated heterocycles. The maximum Gasteiger partial charge on any atom is 1.00 e. The molecule has 0 bridgehead atoms. The van der Waals surface area contributed by atoms with Gasteiger partial charge in [0.1, 0.15) is 5.60 Å². The zero-order valence-corrected chi connectivity index (χ0v) is 22.8. The predicted octanol–water partition coefficient (Wildman–Crippen LogP) is -3.59. The van der Waals surface area contributed by atoms with Crippen LogP contribution in [0.1, 0.15) is 73.4 Å². The molecule has 31 heavy (non-hydrogen) atoms. The average molecular weight is 442 g/mol. The Kier molecular flexibility index (Phi) is 14.9. The summed E-state index contributed by atoms with van der Waals surface area (Å²) in [5, 5.41) is 34.4. The largest absolute Gasteiger partial charge is 1.00 e. The van der Waals surface area contributed by atoms with E-state index in [9.17, 15) is 24.9 Å². The van der Waals surface area contributed by atoms with Crippen molar-refractivity contribution in [2.24, 2.45) is 5.92 Å². The number of benzene rings is 2. The van der Waals surface area contributed by atoms with Crippen LogP contribution in [0.5, 0.6) is 0 Å². The first kappa shape index (κ1) is 30.3. The van der Waals surface area contributed by atoms with E-state index in [0.717, 1.165) is 32.1 Å². The summed E-state index contributed by atoms with van der Waals surface area (Å²) in [4.78, 5) is 22.6. The van der Waals surface area contributed by atoms with Gasteiger partial charge < -0.3 is 24.9 Å². The molecule has 2 rings (SSSR count). The van der Waals surface area contributed by atoms with Crippen LogP contribution in [0.3, 0.4) is 0 Å². The first-order chi connectivity index (χ1) is 13.9. The van der Waals surface area contributed by atoms with E-state index in [0.29, 0.717) is 17.5 Å². The molecule has 0 aliphatic rings. The summed E-state index contributed by atoms with van der Waals surface area (Å²) >= 11 is 0. The zero-order chi connectivity index (χ0) is 21.3. The summed E-state index contributed by atoms with van der Waals surface area (Å²) in [7, 11) is 0. The molecule has 0 aliphatic carbocycles. The van der Waals surface area contributed by atoms with E-state index in [4.69, 9.17) is 0 Å². The molecule has 2 atom stereocenters. The molecule has 0 aromatic heterocycles. The van der Waals surface area contributed by atoms with Crippen molar-refractivity contribution in [3.8, 4) is 0 Å².